The van der Waals surface area contributed by atoms with Gasteiger partial charge in [-0.05, 0) is 54.3 Å². The lowest BCUT2D eigenvalue weighted by Crippen LogP contribution is -2.31. The second kappa shape index (κ2) is 9.55. The van der Waals surface area contributed by atoms with E-state index >= 15 is 0 Å². The molecule has 5 heteroatoms. The number of carbonyl (C=O) groups is 1. The molecule has 30 heavy (non-hydrogen) atoms. The van der Waals surface area contributed by atoms with E-state index in [0.29, 0.717) is 6.54 Å². The van der Waals surface area contributed by atoms with E-state index in [1.807, 2.05) is 18.2 Å². The Morgan fingerprint density at radius 2 is 1.63 bits per heavy atom. The summed E-state index contributed by atoms with van der Waals surface area (Å²) in [5.74, 6) is -0.181. The summed E-state index contributed by atoms with van der Waals surface area (Å²) in [6, 6.07) is 21.7. The summed E-state index contributed by atoms with van der Waals surface area (Å²) in [5.41, 5.74) is 4.46. The summed E-state index contributed by atoms with van der Waals surface area (Å²) in [5, 5.41) is 2.94. The number of nitrogens with zero attached hydrogens (tertiary/aromatic N) is 2. The number of amides is 1. The zero-order valence-corrected chi connectivity index (χ0v) is 17.1. The van der Waals surface area contributed by atoms with Crippen molar-refractivity contribution in [2.24, 2.45) is 0 Å². The first-order valence-corrected chi connectivity index (χ1v) is 10.5. The number of pyridine rings is 1. The number of rotatable bonds is 7. The molecule has 0 saturated carbocycles. The topological polar surface area (TPSA) is 54.3 Å². The smallest absolute Gasteiger partial charge is 0.250 e. The first kappa shape index (κ1) is 20.1. The molecule has 0 aliphatic carbocycles. The van der Waals surface area contributed by atoms with Gasteiger partial charge in [-0.3, -0.25) is 14.5 Å². The fourth-order valence-electron chi connectivity index (χ4n) is 3.94. The lowest BCUT2D eigenvalue weighted by molar-refractivity contribution is -0.121. The van der Waals surface area contributed by atoms with Crippen LogP contribution in [-0.4, -0.2) is 28.5 Å². The lowest BCUT2D eigenvalue weighted by atomic mass is 9.98. The Hall–Kier alpha value is -3.18. The monoisotopic (exact) mass is 401 g/mol. The predicted molar refractivity (Wildman–Crippen MR) is 119 cm³/mol. The van der Waals surface area contributed by atoms with E-state index in [4.69, 9.17) is 0 Å². The predicted octanol–water partition coefficient (Wildman–Crippen LogP) is 3.43. The first-order valence-electron chi connectivity index (χ1n) is 10.5. The third-order valence-electron chi connectivity index (χ3n) is 5.58. The number of hydrogen-bond acceptors (Lipinski definition) is 3. The van der Waals surface area contributed by atoms with Gasteiger partial charge in [0.15, 0.2) is 0 Å². The first-order chi connectivity index (χ1) is 14.7. The second-order valence-electron chi connectivity index (χ2n) is 7.78. The third kappa shape index (κ3) is 5.05. The molecule has 0 unspecified atom stereocenters. The molecule has 1 aliphatic heterocycles. The molecule has 2 aromatic carbocycles. The van der Waals surface area contributed by atoms with Gasteiger partial charge < -0.3 is 9.88 Å². The van der Waals surface area contributed by atoms with Gasteiger partial charge in [-0.15, -0.1) is 0 Å². The standard InChI is InChI=1S/C25H27N3O2/c29-24(19-28-16-4-3-9-25(28)30)26-17-22-7-1-2-8-23(22)21-12-10-20(11-13-21)18-27-14-5-6-15-27/h1-4,7-13,16H,5-6,14-15,17-19H2,(H,26,29). The van der Waals surface area contributed by atoms with Crippen LogP contribution in [0.4, 0.5) is 0 Å². The molecule has 1 saturated heterocycles. The SMILES string of the molecule is O=C(Cn1ccccc1=O)NCc1ccccc1-c1ccc(CN2CCCC2)cc1. The average Bonchev–Trinajstić information content (AvgIpc) is 3.28. The van der Waals surface area contributed by atoms with Gasteiger partial charge in [0.25, 0.3) is 5.56 Å². The van der Waals surface area contributed by atoms with Crippen LogP contribution in [0.1, 0.15) is 24.0 Å². The molecule has 0 spiro atoms. The number of aromatic nitrogens is 1. The summed E-state index contributed by atoms with van der Waals surface area (Å²) < 4.78 is 1.40. The van der Waals surface area contributed by atoms with Gasteiger partial charge in [-0.25, -0.2) is 0 Å². The van der Waals surface area contributed by atoms with E-state index in [2.05, 4.69) is 40.5 Å². The minimum absolute atomic E-state index is 0.0209. The molecular formula is C25H27N3O2. The average molecular weight is 402 g/mol. The molecule has 1 aliphatic rings. The van der Waals surface area contributed by atoms with Crippen LogP contribution in [0.25, 0.3) is 11.1 Å². The van der Waals surface area contributed by atoms with Gasteiger partial charge >= 0.3 is 0 Å². The number of nitrogens with one attached hydrogen (secondary N) is 1. The van der Waals surface area contributed by atoms with Crippen molar-refractivity contribution in [2.75, 3.05) is 13.1 Å². The largest absolute Gasteiger partial charge is 0.350 e. The molecule has 1 aromatic heterocycles. The van der Waals surface area contributed by atoms with Crippen LogP contribution in [-0.2, 0) is 24.4 Å². The highest BCUT2D eigenvalue weighted by Crippen LogP contribution is 2.25. The van der Waals surface area contributed by atoms with Gasteiger partial charge in [0.1, 0.15) is 6.54 Å². The van der Waals surface area contributed by atoms with Crippen LogP contribution in [0.5, 0.6) is 0 Å². The van der Waals surface area contributed by atoms with Crippen molar-refractivity contribution in [1.82, 2.24) is 14.8 Å². The fourth-order valence-corrected chi connectivity index (χ4v) is 3.94. The van der Waals surface area contributed by atoms with Crippen LogP contribution in [0, 0.1) is 0 Å². The van der Waals surface area contributed by atoms with Crippen LogP contribution < -0.4 is 10.9 Å². The summed E-state index contributed by atoms with van der Waals surface area (Å²) in [6.45, 7) is 3.84. The molecular weight excluding hydrogens is 374 g/mol. The van der Waals surface area contributed by atoms with Crippen LogP contribution in [0.15, 0.2) is 77.7 Å². The molecule has 0 bridgehead atoms. The van der Waals surface area contributed by atoms with Gasteiger partial charge in [-0.1, -0.05) is 54.6 Å². The van der Waals surface area contributed by atoms with Crippen molar-refractivity contribution in [3.05, 3.63) is 94.4 Å². The van der Waals surface area contributed by atoms with E-state index in [1.54, 1.807) is 18.3 Å². The Labute approximate surface area is 177 Å². The Bertz CT molecular complexity index is 1050. The number of carbonyl (C=O) groups excluding carboxylic acids is 1. The highest BCUT2D eigenvalue weighted by Gasteiger charge is 2.12. The highest BCUT2D eigenvalue weighted by atomic mass is 16.2. The molecule has 5 nitrogen and oxygen atoms in total. The van der Waals surface area contributed by atoms with Crippen molar-refractivity contribution in [2.45, 2.75) is 32.5 Å². The van der Waals surface area contributed by atoms with E-state index in [1.165, 1.54) is 42.1 Å². The van der Waals surface area contributed by atoms with Gasteiger partial charge in [-0.2, -0.15) is 0 Å². The normalized spacial score (nSPS) is 14.0. The molecule has 3 aromatic rings. The Kier molecular flexibility index (Phi) is 6.40. The molecule has 1 N–H and O–H groups in total. The minimum Gasteiger partial charge on any atom is -0.350 e. The zero-order chi connectivity index (χ0) is 20.8. The Balaban J connectivity index is 1.41. The van der Waals surface area contributed by atoms with Crippen LogP contribution in [0.3, 0.4) is 0 Å². The van der Waals surface area contributed by atoms with Crippen LogP contribution in [0.2, 0.25) is 0 Å². The quantitative estimate of drug-likeness (QED) is 0.660. The second-order valence-corrected chi connectivity index (χ2v) is 7.78. The van der Waals surface area contributed by atoms with E-state index in [9.17, 15) is 9.59 Å². The summed E-state index contributed by atoms with van der Waals surface area (Å²) in [7, 11) is 0. The molecule has 4 rings (SSSR count). The molecule has 0 radical (unpaired) electrons. The van der Waals surface area contributed by atoms with E-state index in [-0.39, 0.29) is 18.0 Å². The van der Waals surface area contributed by atoms with E-state index in [0.717, 1.165) is 23.2 Å². The maximum atomic E-state index is 12.3. The minimum atomic E-state index is -0.181. The molecule has 1 fully saturated rings. The molecule has 154 valence electrons. The van der Waals surface area contributed by atoms with Gasteiger partial charge in [0, 0.05) is 25.4 Å². The maximum Gasteiger partial charge on any atom is 0.250 e. The maximum absolute atomic E-state index is 12.3. The van der Waals surface area contributed by atoms with Crippen LogP contribution >= 0.6 is 0 Å². The molecule has 2 heterocycles. The Morgan fingerprint density at radius 1 is 0.900 bits per heavy atom. The molecule has 0 atom stereocenters. The summed E-state index contributed by atoms with van der Waals surface area (Å²) >= 11 is 0. The van der Waals surface area contributed by atoms with Gasteiger partial charge in [0.2, 0.25) is 5.91 Å². The lowest BCUT2D eigenvalue weighted by Gasteiger charge is -2.15. The van der Waals surface area contributed by atoms with E-state index < -0.39 is 0 Å². The van der Waals surface area contributed by atoms with Gasteiger partial charge in [0.05, 0.1) is 0 Å². The number of hydrogen-bond donors (Lipinski definition) is 1. The Morgan fingerprint density at radius 3 is 2.40 bits per heavy atom. The van der Waals surface area contributed by atoms with Crippen molar-refractivity contribution >= 4 is 5.91 Å². The van der Waals surface area contributed by atoms with Crippen molar-refractivity contribution in [3.8, 4) is 11.1 Å². The van der Waals surface area contributed by atoms with Crippen molar-refractivity contribution in [1.29, 1.82) is 0 Å². The van der Waals surface area contributed by atoms with Crippen molar-refractivity contribution < 1.29 is 4.79 Å². The zero-order valence-electron chi connectivity index (χ0n) is 17.1. The number of benzene rings is 2. The van der Waals surface area contributed by atoms with Crippen molar-refractivity contribution in [3.63, 3.8) is 0 Å². The fraction of sp³-hybridized carbons (Fsp3) is 0.280. The summed E-state index contributed by atoms with van der Waals surface area (Å²) in [6.07, 6.45) is 4.23. The molecule has 1 amide bonds. The summed E-state index contributed by atoms with van der Waals surface area (Å²) in [4.78, 5) is 26.6. The highest BCUT2D eigenvalue weighted by molar-refractivity contribution is 5.76. The third-order valence-corrected chi connectivity index (χ3v) is 5.58. The number of likely N-dealkylation sites (tertiary alicyclic amines) is 1.